The Kier molecular flexibility index (Phi) is 6.02. The standard InChI is InChI=1S/C50H30N4/c1-2-18-38(19-3-1)53-44-30-36-17-7-6-16-35(36)29-41(44)48-49(53)47(37-23-22-31-12-4-5-15-34(31)28-37)51-50(52-48)54-42-26-24-32-13-8-10-20-39(32)45(42)46-40-21-11-9-14-33(40)25-27-43(46)54/h1-30H. The topological polar surface area (TPSA) is 35.6 Å². The van der Waals surface area contributed by atoms with Gasteiger partial charge in [0.25, 0.3) is 0 Å². The molecule has 0 aliphatic carbocycles. The quantitative estimate of drug-likeness (QED) is 0.185. The van der Waals surface area contributed by atoms with Gasteiger partial charge in [0, 0.05) is 27.4 Å². The van der Waals surface area contributed by atoms with Gasteiger partial charge >= 0.3 is 0 Å². The van der Waals surface area contributed by atoms with Gasteiger partial charge < -0.3 is 4.57 Å². The molecule has 0 saturated heterocycles. The number of fused-ring (bicyclic) bond motifs is 12. The molecule has 0 atom stereocenters. The number of hydrogen-bond donors (Lipinski definition) is 0. The summed E-state index contributed by atoms with van der Waals surface area (Å²) in [6.07, 6.45) is 0. The van der Waals surface area contributed by atoms with Crippen LogP contribution >= 0.6 is 0 Å². The summed E-state index contributed by atoms with van der Waals surface area (Å²) in [5.41, 5.74) is 8.18. The molecular formula is C50H30N4. The fourth-order valence-corrected chi connectivity index (χ4v) is 8.81. The van der Waals surface area contributed by atoms with Crippen LogP contribution in [0.5, 0.6) is 0 Å². The first kappa shape index (κ1) is 29.3. The van der Waals surface area contributed by atoms with Crippen molar-refractivity contribution in [1.29, 1.82) is 0 Å². The van der Waals surface area contributed by atoms with Crippen molar-refractivity contribution in [1.82, 2.24) is 19.1 Å². The minimum atomic E-state index is 0.650. The molecule has 9 aromatic carbocycles. The van der Waals surface area contributed by atoms with E-state index in [1.54, 1.807) is 0 Å². The Morgan fingerprint density at radius 2 is 0.889 bits per heavy atom. The summed E-state index contributed by atoms with van der Waals surface area (Å²) in [5, 5.41) is 13.1. The molecule has 0 bridgehead atoms. The van der Waals surface area contributed by atoms with Crippen molar-refractivity contribution in [3.05, 3.63) is 182 Å². The van der Waals surface area contributed by atoms with Crippen molar-refractivity contribution >= 4 is 86.8 Å². The zero-order valence-corrected chi connectivity index (χ0v) is 29.1. The van der Waals surface area contributed by atoms with Crippen LogP contribution in [0.25, 0.3) is 110 Å². The molecule has 12 aromatic rings. The van der Waals surface area contributed by atoms with E-state index in [-0.39, 0.29) is 0 Å². The Balaban J connectivity index is 1.30. The Morgan fingerprint density at radius 3 is 1.56 bits per heavy atom. The van der Waals surface area contributed by atoms with Gasteiger partial charge in [0.05, 0.1) is 22.1 Å². The molecule has 4 heteroatoms. The number of rotatable bonds is 3. The number of aromatic nitrogens is 4. The maximum absolute atomic E-state index is 5.66. The molecule has 12 rings (SSSR count). The number of hydrogen-bond acceptors (Lipinski definition) is 2. The smallest absolute Gasteiger partial charge is 0.235 e. The van der Waals surface area contributed by atoms with Crippen molar-refractivity contribution < 1.29 is 0 Å². The molecule has 3 aromatic heterocycles. The van der Waals surface area contributed by atoms with E-state index in [0.717, 1.165) is 49.9 Å². The fraction of sp³-hybridized carbons (Fsp3) is 0. The van der Waals surface area contributed by atoms with E-state index < -0.39 is 0 Å². The van der Waals surface area contributed by atoms with E-state index in [2.05, 4.69) is 191 Å². The summed E-state index contributed by atoms with van der Waals surface area (Å²) in [4.78, 5) is 11.3. The van der Waals surface area contributed by atoms with E-state index in [4.69, 9.17) is 9.97 Å². The van der Waals surface area contributed by atoms with Gasteiger partial charge in [-0.25, -0.2) is 9.97 Å². The van der Waals surface area contributed by atoms with Crippen molar-refractivity contribution in [2.75, 3.05) is 0 Å². The van der Waals surface area contributed by atoms with Crippen LogP contribution < -0.4 is 0 Å². The van der Waals surface area contributed by atoms with E-state index >= 15 is 0 Å². The van der Waals surface area contributed by atoms with Gasteiger partial charge in [0.2, 0.25) is 5.95 Å². The van der Waals surface area contributed by atoms with Crippen LogP contribution in [0.1, 0.15) is 0 Å². The van der Waals surface area contributed by atoms with Gasteiger partial charge in [-0.3, -0.25) is 4.57 Å². The lowest BCUT2D eigenvalue weighted by Crippen LogP contribution is -2.05. The second-order valence-corrected chi connectivity index (χ2v) is 14.2. The Hall–Kier alpha value is -7.30. The van der Waals surface area contributed by atoms with Crippen molar-refractivity contribution in [3.63, 3.8) is 0 Å². The summed E-state index contributed by atoms with van der Waals surface area (Å²) in [5.74, 6) is 0.650. The lowest BCUT2D eigenvalue weighted by Gasteiger charge is -2.14. The minimum Gasteiger partial charge on any atom is -0.306 e. The second-order valence-electron chi connectivity index (χ2n) is 14.2. The summed E-state index contributed by atoms with van der Waals surface area (Å²) in [6.45, 7) is 0. The SMILES string of the molecule is c1ccc(-n2c3cc4ccccc4cc3c3nc(-n4c5ccc6ccccc6c5c5c6ccccc6ccc54)nc(-c4ccc5ccccc5c4)c32)cc1. The molecule has 4 nitrogen and oxygen atoms in total. The Labute approximate surface area is 309 Å². The average molecular weight is 687 g/mol. The highest BCUT2D eigenvalue weighted by Crippen LogP contribution is 2.43. The molecule has 0 unspecified atom stereocenters. The van der Waals surface area contributed by atoms with Crippen LogP contribution in [0.15, 0.2) is 182 Å². The van der Waals surface area contributed by atoms with Crippen LogP contribution in [0.3, 0.4) is 0 Å². The second kappa shape index (κ2) is 11.1. The number of para-hydroxylation sites is 1. The van der Waals surface area contributed by atoms with Gasteiger partial charge in [0.1, 0.15) is 11.2 Å². The van der Waals surface area contributed by atoms with Crippen LogP contribution in [0.2, 0.25) is 0 Å². The monoisotopic (exact) mass is 686 g/mol. The van der Waals surface area contributed by atoms with Crippen molar-refractivity contribution in [2.45, 2.75) is 0 Å². The van der Waals surface area contributed by atoms with Gasteiger partial charge in [-0.15, -0.1) is 0 Å². The summed E-state index contributed by atoms with van der Waals surface area (Å²) in [7, 11) is 0. The summed E-state index contributed by atoms with van der Waals surface area (Å²) < 4.78 is 4.65. The van der Waals surface area contributed by atoms with Crippen molar-refractivity contribution in [3.8, 4) is 22.9 Å². The third-order valence-electron chi connectivity index (χ3n) is 11.2. The highest BCUT2D eigenvalue weighted by Gasteiger charge is 2.24. The normalized spacial score (nSPS) is 12.1. The zero-order chi connectivity index (χ0) is 35.3. The van der Waals surface area contributed by atoms with Crippen molar-refractivity contribution in [2.24, 2.45) is 0 Å². The Morgan fingerprint density at radius 1 is 0.352 bits per heavy atom. The minimum absolute atomic E-state index is 0.650. The number of benzene rings is 9. The highest BCUT2D eigenvalue weighted by molar-refractivity contribution is 6.28. The molecule has 0 N–H and O–H groups in total. The molecule has 0 amide bonds. The molecule has 0 saturated carbocycles. The molecule has 250 valence electrons. The largest absolute Gasteiger partial charge is 0.306 e. The van der Waals surface area contributed by atoms with E-state index in [9.17, 15) is 0 Å². The first-order chi connectivity index (χ1) is 26.8. The fourth-order valence-electron chi connectivity index (χ4n) is 8.81. The molecule has 54 heavy (non-hydrogen) atoms. The summed E-state index contributed by atoms with van der Waals surface area (Å²) in [6, 6.07) is 65.4. The number of nitrogens with zero attached hydrogens (tertiary/aromatic N) is 4. The zero-order valence-electron chi connectivity index (χ0n) is 29.1. The molecule has 3 heterocycles. The Bertz CT molecular complexity index is 3410. The van der Waals surface area contributed by atoms with Crippen LogP contribution in [-0.4, -0.2) is 19.1 Å². The third kappa shape index (κ3) is 4.13. The van der Waals surface area contributed by atoms with Crippen LogP contribution in [0, 0.1) is 0 Å². The van der Waals surface area contributed by atoms with Gasteiger partial charge in [-0.1, -0.05) is 140 Å². The molecular weight excluding hydrogens is 657 g/mol. The van der Waals surface area contributed by atoms with Gasteiger partial charge in [-0.05, 0) is 85.6 Å². The predicted octanol–water partition coefficient (Wildman–Crippen LogP) is 13.0. The average Bonchev–Trinajstić information content (AvgIpc) is 3.75. The molecule has 0 aliphatic heterocycles. The maximum atomic E-state index is 5.66. The lowest BCUT2D eigenvalue weighted by molar-refractivity contribution is 1.01. The van der Waals surface area contributed by atoms with E-state index in [0.29, 0.717) is 5.95 Å². The lowest BCUT2D eigenvalue weighted by atomic mass is 10.00. The first-order valence-corrected chi connectivity index (χ1v) is 18.4. The third-order valence-corrected chi connectivity index (χ3v) is 11.2. The van der Waals surface area contributed by atoms with E-state index in [1.165, 1.54) is 53.9 Å². The predicted molar refractivity (Wildman–Crippen MR) is 226 cm³/mol. The molecule has 0 fully saturated rings. The first-order valence-electron chi connectivity index (χ1n) is 18.4. The highest BCUT2D eigenvalue weighted by atomic mass is 15.2. The molecule has 0 radical (unpaired) electrons. The van der Waals surface area contributed by atoms with Gasteiger partial charge in [0.15, 0.2) is 0 Å². The molecule has 0 spiro atoms. The van der Waals surface area contributed by atoms with E-state index in [1.807, 2.05) is 0 Å². The summed E-state index contributed by atoms with van der Waals surface area (Å²) >= 11 is 0. The molecule has 0 aliphatic rings. The van der Waals surface area contributed by atoms with Gasteiger partial charge in [-0.2, -0.15) is 0 Å². The van der Waals surface area contributed by atoms with Crippen LogP contribution in [-0.2, 0) is 0 Å². The maximum Gasteiger partial charge on any atom is 0.235 e. The van der Waals surface area contributed by atoms with Crippen LogP contribution in [0.4, 0.5) is 0 Å².